The number of nitrogens with zero attached hydrogens (tertiary/aromatic N) is 1. The fraction of sp³-hybridized carbons (Fsp3) is 0.842. The number of likely N-dealkylation sites (tertiary alicyclic amines) is 1. The lowest BCUT2D eigenvalue weighted by molar-refractivity contribution is -0.150. The van der Waals surface area contributed by atoms with Gasteiger partial charge in [0.2, 0.25) is 5.91 Å². The van der Waals surface area contributed by atoms with Crippen LogP contribution in [0.4, 0.5) is 0 Å². The SMILES string of the molecule is CCOC(=O)CCCCN[C@@H](C)C(=O)N1[C@H](C(=O)O)C[C@@H]2CCCC[C@@H]21. The summed E-state index contributed by atoms with van der Waals surface area (Å²) in [5.41, 5.74) is 0. The van der Waals surface area contributed by atoms with E-state index >= 15 is 0 Å². The topological polar surface area (TPSA) is 95.9 Å². The molecule has 1 heterocycles. The van der Waals surface area contributed by atoms with Crippen LogP contribution in [0.25, 0.3) is 0 Å². The van der Waals surface area contributed by atoms with E-state index in [0.717, 1.165) is 32.1 Å². The predicted octanol–water partition coefficient (Wildman–Crippen LogP) is 1.94. The lowest BCUT2D eigenvalue weighted by atomic mass is 9.84. The van der Waals surface area contributed by atoms with Crippen molar-refractivity contribution in [3.8, 4) is 0 Å². The predicted molar refractivity (Wildman–Crippen MR) is 96.6 cm³/mol. The molecule has 7 nitrogen and oxygen atoms in total. The Bertz CT molecular complexity index is 510. The molecule has 26 heavy (non-hydrogen) atoms. The number of ether oxygens (including phenoxy) is 1. The Kier molecular flexibility index (Phi) is 7.87. The highest BCUT2D eigenvalue weighted by molar-refractivity contribution is 5.87. The number of rotatable bonds is 9. The van der Waals surface area contributed by atoms with Crippen LogP contribution in [0.5, 0.6) is 0 Å². The standard InChI is InChI=1S/C19H32N2O5/c1-3-26-17(22)10-6-7-11-20-13(2)18(23)21-15-9-5-4-8-14(15)12-16(21)19(24)25/h13-16,20H,3-12H2,1-2H3,(H,24,25)/t13-,14-,15-,16-/m0/s1. The van der Waals surface area contributed by atoms with Crippen molar-refractivity contribution in [2.75, 3.05) is 13.2 Å². The second kappa shape index (κ2) is 9.90. The average Bonchev–Trinajstić information content (AvgIpc) is 3.00. The van der Waals surface area contributed by atoms with Gasteiger partial charge in [0.1, 0.15) is 6.04 Å². The number of hydrogen-bond acceptors (Lipinski definition) is 5. The van der Waals surface area contributed by atoms with Crippen LogP contribution in [-0.2, 0) is 19.1 Å². The largest absolute Gasteiger partial charge is 0.480 e. The molecule has 2 rings (SSSR count). The van der Waals surface area contributed by atoms with E-state index in [2.05, 4.69) is 5.32 Å². The third-order valence-electron chi connectivity index (χ3n) is 5.56. The maximum Gasteiger partial charge on any atom is 0.326 e. The Balaban J connectivity index is 1.81. The van der Waals surface area contributed by atoms with Crippen molar-refractivity contribution in [2.24, 2.45) is 5.92 Å². The van der Waals surface area contributed by atoms with Crippen molar-refractivity contribution in [3.63, 3.8) is 0 Å². The van der Waals surface area contributed by atoms with Gasteiger partial charge in [0.25, 0.3) is 0 Å². The number of hydrogen-bond donors (Lipinski definition) is 2. The maximum absolute atomic E-state index is 12.9. The second-order valence-electron chi connectivity index (χ2n) is 7.39. The summed E-state index contributed by atoms with van der Waals surface area (Å²) in [7, 11) is 0. The van der Waals surface area contributed by atoms with Crippen LogP contribution in [0.3, 0.4) is 0 Å². The van der Waals surface area contributed by atoms with Crippen LogP contribution in [0.15, 0.2) is 0 Å². The van der Waals surface area contributed by atoms with Gasteiger partial charge in [-0.3, -0.25) is 9.59 Å². The molecule has 1 saturated carbocycles. The number of carbonyl (C=O) groups is 3. The van der Waals surface area contributed by atoms with E-state index in [1.807, 2.05) is 0 Å². The fourth-order valence-corrected chi connectivity index (χ4v) is 4.25. The summed E-state index contributed by atoms with van der Waals surface area (Å²) in [5.74, 6) is -0.876. The van der Waals surface area contributed by atoms with Crippen molar-refractivity contribution in [1.29, 1.82) is 0 Å². The first-order chi connectivity index (χ1) is 12.5. The van der Waals surface area contributed by atoms with Gasteiger partial charge < -0.3 is 20.1 Å². The molecular formula is C19H32N2O5. The highest BCUT2D eigenvalue weighted by Gasteiger charge is 2.48. The monoisotopic (exact) mass is 368 g/mol. The minimum absolute atomic E-state index is 0.0745. The molecule has 1 aliphatic carbocycles. The maximum atomic E-state index is 12.9. The lowest BCUT2D eigenvalue weighted by Crippen LogP contribution is -2.53. The Hall–Kier alpha value is -1.63. The molecule has 2 fully saturated rings. The third-order valence-corrected chi connectivity index (χ3v) is 5.56. The highest BCUT2D eigenvalue weighted by atomic mass is 16.5. The zero-order valence-electron chi connectivity index (χ0n) is 15.9. The van der Waals surface area contributed by atoms with Crippen LogP contribution >= 0.6 is 0 Å². The summed E-state index contributed by atoms with van der Waals surface area (Å²) in [4.78, 5) is 37.5. The van der Waals surface area contributed by atoms with Gasteiger partial charge in [-0.15, -0.1) is 0 Å². The number of carboxylic acids is 1. The summed E-state index contributed by atoms with van der Waals surface area (Å²) in [6.45, 7) is 4.59. The van der Waals surface area contributed by atoms with Crippen molar-refractivity contribution in [1.82, 2.24) is 10.2 Å². The van der Waals surface area contributed by atoms with Crippen LogP contribution in [0.2, 0.25) is 0 Å². The van der Waals surface area contributed by atoms with Crippen molar-refractivity contribution in [3.05, 3.63) is 0 Å². The molecule has 2 aliphatic rings. The van der Waals surface area contributed by atoms with E-state index in [9.17, 15) is 19.5 Å². The summed E-state index contributed by atoms with van der Waals surface area (Å²) in [6, 6.07) is -1.03. The zero-order valence-corrected chi connectivity index (χ0v) is 15.9. The summed E-state index contributed by atoms with van der Waals surface area (Å²) in [6.07, 6.45) is 6.56. The molecule has 0 aromatic rings. The molecule has 1 aliphatic heterocycles. The smallest absolute Gasteiger partial charge is 0.326 e. The summed E-state index contributed by atoms with van der Waals surface area (Å²) >= 11 is 0. The fourth-order valence-electron chi connectivity index (χ4n) is 4.25. The lowest BCUT2D eigenvalue weighted by Gasteiger charge is -2.34. The normalized spacial score (nSPS) is 26.2. The Morgan fingerprint density at radius 3 is 2.65 bits per heavy atom. The molecule has 0 bridgehead atoms. The van der Waals surface area contributed by atoms with Gasteiger partial charge in [0.15, 0.2) is 0 Å². The molecule has 148 valence electrons. The quantitative estimate of drug-likeness (QED) is 0.477. The number of aliphatic carboxylic acids is 1. The number of amides is 1. The number of nitrogens with one attached hydrogen (secondary N) is 1. The molecule has 2 N–H and O–H groups in total. The van der Waals surface area contributed by atoms with Gasteiger partial charge >= 0.3 is 11.9 Å². The Morgan fingerprint density at radius 1 is 1.23 bits per heavy atom. The van der Waals surface area contributed by atoms with Gasteiger partial charge in [-0.1, -0.05) is 12.8 Å². The number of esters is 1. The zero-order chi connectivity index (χ0) is 19.1. The number of carboxylic acid groups (broad SMARTS) is 1. The van der Waals surface area contributed by atoms with Crippen LogP contribution < -0.4 is 5.32 Å². The first kappa shape index (κ1) is 20.7. The van der Waals surface area contributed by atoms with E-state index in [-0.39, 0.29) is 17.9 Å². The molecule has 0 aromatic carbocycles. The van der Waals surface area contributed by atoms with E-state index in [1.54, 1.807) is 18.7 Å². The molecule has 0 aromatic heterocycles. The molecule has 1 amide bonds. The Labute approximate surface area is 155 Å². The highest BCUT2D eigenvalue weighted by Crippen LogP contribution is 2.40. The van der Waals surface area contributed by atoms with Crippen molar-refractivity contribution < 1.29 is 24.2 Å². The van der Waals surface area contributed by atoms with Gasteiger partial charge in [0, 0.05) is 12.5 Å². The van der Waals surface area contributed by atoms with Crippen LogP contribution in [-0.4, -0.2) is 59.1 Å². The number of fused-ring (bicyclic) bond motifs is 1. The average molecular weight is 368 g/mol. The molecular weight excluding hydrogens is 336 g/mol. The molecule has 0 radical (unpaired) electrons. The van der Waals surface area contributed by atoms with Gasteiger partial charge in [-0.2, -0.15) is 0 Å². The summed E-state index contributed by atoms with van der Waals surface area (Å²) < 4.78 is 4.88. The van der Waals surface area contributed by atoms with E-state index in [4.69, 9.17) is 4.74 Å². The van der Waals surface area contributed by atoms with E-state index in [1.165, 1.54) is 0 Å². The van der Waals surface area contributed by atoms with Gasteiger partial charge in [-0.25, -0.2) is 4.79 Å². The third kappa shape index (κ3) is 5.19. The minimum Gasteiger partial charge on any atom is -0.480 e. The number of carbonyl (C=O) groups excluding carboxylic acids is 2. The van der Waals surface area contributed by atoms with E-state index < -0.39 is 18.1 Å². The second-order valence-corrected chi connectivity index (χ2v) is 7.39. The first-order valence-electron chi connectivity index (χ1n) is 9.89. The molecule has 7 heteroatoms. The molecule has 0 spiro atoms. The molecule has 0 unspecified atom stereocenters. The first-order valence-corrected chi connectivity index (χ1v) is 9.89. The van der Waals surface area contributed by atoms with Crippen LogP contribution in [0.1, 0.15) is 65.2 Å². The van der Waals surface area contributed by atoms with Crippen molar-refractivity contribution >= 4 is 17.8 Å². The van der Waals surface area contributed by atoms with Crippen molar-refractivity contribution in [2.45, 2.75) is 83.3 Å². The summed E-state index contributed by atoms with van der Waals surface area (Å²) in [5, 5.41) is 12.7. The van der Waals surface area contributed by atoms with Gasteiger partial charge in [0.05, 0.1) is 12.6 Å². The van der Waals surface area contributed by atoms with Gasteiger partial charge in [-0.05, 0) is 58.4 Å². The molecule has 1 saturated heterocycles. The molecule has 4 atom stereocenters. The van der Waals surface area contributed by atoms with Crippen LogP contribution in [0, 0.1) is 5.92 Å². The van der Waals surface area contributed by atoms with E-state index in [0.29, 0.717) is 38.3 Å². The number of unbranched alkanes of at least 4 members (excludes halogenated alkanes) is 1. The Morgan fingerprint density at radius 2 is 1.96 bits per heavy atom. The minimum atomic E-state index is -0.894.